The van der Waals surface area contributed by atoms with Gasteiger partial charge in [-0.1, -0.05) is 60.0 Å². The van der Waals surface area contributed by atoms with Crippen LogP contribution in [0.4, 0.5) is 0 Å². The summed E-state index contributed by atoms with van der Waals surface area (Å²) in [6.07, 6.45) is -0.129. The van der Waals surface area contributed by atoms with Crippen LogP contribution in [0, 0.1) is 0 Å². The molecule has 3 nitrogen and oxygen atoms in total. The third-order valence-electron chi connectivity index (χ3n) is 5.24. The highest BCUT2D eigenvalue weighted by molar-refractivity contribution is 7.97. The van der Waals surface area contributed by atoms with Crippen molar-refractivity contribution in [3.8, 4) is 0 Å². The zero-order valence-electron chi connectivity index (χ0n) is 15.7. The van der Waals surface area contributed by atoms with Gasteiger partial charge in [0.05, 0.1) is 6.17 Å². The Hall–Kier alpha value is -2.13. The van der Waals surface area contributed by atoms with Crippen LogP contribution in [0.15, 0.2) is 91.0 Å². The van der Waals surface area contributed by atoms with Gasteiger partial charge in [-0.2, -0.15) is 0 Å². The first-order valence-electron chi connectivity index (χ1n) is 9.42. The molecule has 0 bridgehead atoms. The quantitative estimate of drug-likeness (QED) is 0.516. The molecule has 1 saturated heterocycles. The van der Waals surface area contributed by atoms with E-state index in [2.05, 4.69) is 47.0 Å². The number of carbonyl (C=O) groups excluding carboxylic acids is 1. The summed E-state index contributed by atoms with van der Waals surface area (Å²) in [5.74, 6) is 0.0242. The molecule has 1 amide bonds. The van der Waals surface area contributed by atoms with Crippen LogP contribution in [-0.2, 0) is 17.4 Å². The van der Waals surface area contributed by atoms with Crippen molar-refractivity contribution in [2.75, 3.05) is 0 Å². The monoisotopic (exact) mass is 406 g/mol. The summed E-state index contributed by atoms with van der Waals surface area (Å²) >= 11 is 5.87. The van der Waals surface area contributed by atoms with Crippen LogP contribution in [0.3, 0.4) is 0 Å². The molecule has 0 saturated carbocycles. The summed E-state index contributed by atoms with van der Waals surface area (Å²) in [6.45, 7) is 1.93. The van der Waals surface area contributed by atoms with Crippen molar-refractivity contribution in [2.45, 2.75) is 24.1 Å². The molecule has 0 spiro atoms. The van der Waals surface area contributed by atoms with Gasteiger partial charge in [0.15, 0.2) is 5.66 Å². The maximum Gasteiger partial charge on any atom is 0.262 e. The van der Waals surface area contributed by atoms with E-state index in [0.717, 1.165) is 0 Å². The molecular weight excluding hydrogens is 383 g/mol. The Kier molecular flexibility index (Phi) is 5.54. The van der Waals surface area contributed by atoms with Gasteiger partial charge >= 0.3 is 0 Å². The molecule has 1 fully saturated rings. The minimum absolute atomic E-state index is 0.0242. The van der Waals surface area contributed by atoms with Gasteiger partial charge in [-0.05, 0) is 43.3 Å². The zero-order chi connectivity index (χ0) is 19.6. The summed E-state index contributed by atoms with van der Waals surface area (Å²) in [5.41, 5.74) is -0.370. The Morgan fingerprint density at radius 3 is 1.50 bits per heavy atom. The van der Waals surface area contributed by atoms with E-state index in [9.17, 15) is 4.79 Å². The molecule has 5 heteroatoms. The SMILES string of the molecule is CC1NC(=O)C([P+](c2ccccc2)(c2ccccc2)c2ccccc2)C([S-])N1. The molecule has 3 unspecified atom stereocenters. The first-order valence-corrected chi connectivity index (χ1v) is 11.7. The third kappa shape index (κ3) is 3.26. The normalized spacial score (nSPS) is 22.5. The van der Waals surface area contributed by atoms with E-state index in [1.165, 1.54) is 15.9 Å². The van der Waals surface area contributed by atoms with Crippen molar-refractivity contribution >= 4 is 41.7 Å². The fraction of sp³-hybridized carbons (Fsp3) is 0.174. The predicted octanol–water partition coefficient (Wildman–Crippen LogP) is 2.29. The van der Waals surface area contributed by atoms with Crippen LogP contribution >= 0.6 is 7.26 Å². The van der Waals surface area contributed by atoms with Crippen LogP contribution in [-0.4, -0.2) is 23.1 Å². The van der Waals surface area contributed by atoms with E-state index in [-0.39, 0.29) is 23.1 Å². The fourth-order valence-electron chi connectivity index (χ4n) is 4.11. The van der Waals surface area contributed by atoms with E-state index in [0.29, 0.717) is 0 Å². The molecule has 3 aromatic carbocycles. The van der Waals surface area contributed by atoms with Gasteiger partial charge in [-0.15, -0.1) is 0 Å². The molecule has 0 radical (unpaired) electrons. The Balaban J connectivity index is 2.06. The first-order chi connectivity index (χ1) is 13.6. The van der Waals surface area contributed by atoms with Crippen LogP contribution in [0.1, 0.15) is 6.92 Å². The average Bonchev–Trinajstić information content (AvgIpc) is 2.72. The lowest BCUT2D eigenvalue weighted by Crippen LogP contribution is -2.65. The Bertz CT molecular complexity index is 840. The van der Waals surface area contributed by atoms with E-state index in [1.54, 1.807) is 0 Å². The molecule has 1 aliphatic heterocycles. The van der Waals surface area contributed by atoms with Crippen LogP contribution in [0.2, 0.25) is 0 Å². The van der Waals surface area contributed by atoms with Crippen molar-refractivity contribution in [2.24, 2.45) is 0 Å². The maximum atomic E-state index is 13.4. The number of nitrogens with one attached hydrogen (secondary N) is 2. The second kappa shape index (κ2) is 8.08. The van der Waals surface area contributed by atoms with Gasteiger partial charge < -0.3 is 23.3 Å². The fourth-order valence-corrected chi connectivity index (χ4v) is 9.69. The van der Waals surface area contributed by atoms with Gasteiger partial charge in [0.25, 0.3) is 5.91 Å². The van der Waals surface area contributed by atoms with Crippen molar-refractivity contribution < 1.29 is 4.79 Å². The van der Waals surface area contributed by atoms with Crippen LogP contribution < -0.4 is 26.5 Å². The van der Waals surface area contributed by atoms with Gasteiger partial charge in [-0.3, -0.25) is 4.79 Å². The molecule has 4 rings (SSSR count). The molecular formula is C23H23N2OPS. The number of carbonyl (C=O) groups is 1. The largest absolute Gasteiger partial charge is 0.770 e. The summed E-state index contributed by atoms with van der Waals surface area (Å²) in [4.78, 5) is 13.4. The van der Waals surface area contributed by atoms with Crippen LogP contribution in [0.25, 0.3) is 0 Å². The topological polar surface area (TPSA) is 41.1 Å². The summed E-state index contributed by atoms with van der Waals surface area (Å²) in [5, 5.41) is 9.60. The summed E-state index contributed by atoms with van der Waals surface area (Å²) in [6, 6.07) is 31.2. The molecule has 3 atom stereocenters. The highest BCUT2D eigenvalue weighted by Gasteiger charge is 2.57. The smallest absolute Gasteiger partial charge is 0.262 e. The second-order valence-corrected chi connectivity index (χ2v) is 11.1. The predicted molar refractivity (Wildman–Crippen MR) is 121 cm³/mol. The molecule has 3 aromatic rings. The lowest BCUT2D eigenvalue weighted by atomic mass is 10.3. The lowest BCUT2D eigenvalue weighted by Gasteiger charge is -2.45. The Morgan fingerprint density at radius 2 is 1.14 bits per heavy atom. The van der Waals surface area contributed by atoms with Crippen molar-refractivity contribution in [1.82, 2.24) is 10.6 Å². The molecule has 0 aliphatic carbocycles. The minimum Gasteiger partial charge on any atom is -0.770 e. The van der Waals surface area contributed by atoms with Crippen LogP contribution in [0.5, 0.6) is 0 Å². The standard InChI is InChI=1S/C23H23N2OPS/c1-17-24-22(26)21(23(28)25-17)27(18-11-5-2-6-12-18,19-13-7-3-8-14-19)20-15-9-4-10-16-20/h2-17,21,23,25H,1H3,(H-,24,26,28). The van der Waals surface area contributed by atoms with Crippen molar-refractivity contribution in [3.63, 3.8) is 0 Å². The molecule has 1 heterocycles. The molecule has 0 aromatic heterocycles. The third-order valence-corrected chi connectivity index (χ3v) is 10.6. The van der Waals surface area contributed by atoms with Gasteiger partial charge in [0.1, 0.15) is 23.2 Å². The Labute approximate surface area is 172 Å². The van der Waals surface area contributed by atoms with Crippen molar-refractivity contribution in [3.05, 3.63) is 91.0 Å². The summed E-state index contributed by atoms with van der Waals surface area (Å²) < 4.78 is 0. The van der Waals surface area contributed by atoms with E-state index in [1.807, 2.05) is 61.5 Å². The van der Waals surface area contributed by atoms with E-state index < -0.39 is 7.26 Å². The van der Waals surface area contributed by atoms with Crippen molar-refractivity contribution in [1.29, 1.82) is 0 Å². The lowest BCUT2D eigenvalue weighted by molar-refractivity contribution is -0.123. The van der Waals surface area contributed by atoms with E-state index >= 15 is 0 Å². The number of amides is 1. The average molecular weight is 406 g/mol. The maximum absolute atomic E-state index is 13.4. The first kappa shape index (κ1) is 19.2. The van der Waals surface area contributed by atoms with E-state index in [4.69, 9.17) is 12.6 Å². The number of benzene rings is 3. The van der Waals surface area contributed by atoms with Gasteiger partial charge in [0, 0.05) is 0 Å². The number of hydrogen-bond donors (Lipinski definition) is 2. The molecule has 1 aliphatic rings. The number of hydrogen-bond acceptors (Lipinski definition) is 3. The minimum atomic E-state index is -2.35. The van der Waals surface area contributed by atoms with Gasteiger partial charge in [-0.25, -0.2) is 0 Å². The summed E-state index contributed by atoms with van der Waals surface area (Å²) in [7, 11) is -2.35. The molecule has 2 N–H and O–H groups in total. The van der Waals surface area contributed by atoms with Gasteiger partial charge in [0.2, 0.25) is 0 Å². The Morgan fingerprint density at radius 1 is 0.750 bits per heavy atom. The number of rotatable bonds is 4. The molecule has 142 valence electrons. The highest BCUT2D eigenvalue weighted by atomic mass is 32.1. The highest BCUT2D eigenvalue weighted by Crippen LogP contribution is 2.61. The zero-order valence-corrected chi connectivity index (χ0v) is 17.4. The second-order valence-electron chi connectivity index (χ2n) is 6.99. The molecule has 28 heavy (non-hydrogen) atoms.